The van der Waals surface area contributed by atoms with Crippen LogP contribution in [0.3, 0.4) is 0 Å². The number of rotatable bonds is 2. The minimum absolute atomic E-state index is 0.0782. The molecule has 1 heterocycles. The van der Waals surface area contributed by atoms with E-state index in [2.05, 4.69) is 5.43 Å². The Kier molecular flexibility index (Phi) is 2.29. The molecule has 17 heavy (non-hydrogen) atoms. The Morgan fingerprint density at radius 3 is 3.00 bits per heavy atom. The molecular weight excluding hydrogens is 224 g/mol. The van der Waals surface area contributed by atoms with Crippen LogP contribution in [-0.4, -0.2) is 43.4 Å². The van der Waals surface area contributed by atoms with Gasteiger partial charge in [0.25, 0.3) is 0 Å². The molecule has 3 aliphatic rings. The number of amides is 1. The van der Waals surface area contributed by atoms with Crippen molar-refractivity contribution in [2.45, 2.75) is 25.0 Å². The molecule has 94 valence electrons. The molecule has 2 aliphatic carbocycles. The normalized spacial score (nSPS) is 41.5. The lowest BCUT2D eigenvalue weighted by Gasteiger charge is -2.26. The highest BCUT2D eigenvalue weighted by atomic mass is 16.6. The minimum Gasteiger partial charge on any atom is -0.462 e. The lowest BCUT2D eigenvalue weighted by molar-refractivity contribution is -0.145. The van der Waals surface area contributed by atoms with Gasteiger partial charge in [0.2, 0.25) is 0 Å². The Morgan fingerprint density at radius 2 is 2.29 bits per heavy atom. The van der Waals surface area contributed by atoms with Gasteiger partial charge in [-0.3, -0.25) is 4.79 Å². The van der Waals surface area contributed by atoms with Gasteiger partial charge in [-0.2, -0.15) is 0 Å². The van der Waals surface area contributed by atoms with Crippen LogP contribution in [0, 0.1) is 17.8 Å². The summed E-state index contributed by atoms with van der Waals surface area (Å²) in [6.07, 6.45) is 1.13. The maximum atomic E-state index is 11.7. The van der Waals surface area contributed by atoms with Gasteiger partial charge in [-0.1, -0.05) is 0 Å². The smallest absolute Gasteiger partial charge is 0.424 e. The average molecular weight is 240 g/mol. The first-order chi connectivity index (χ1) is 8.11. The zero-order valence-electron chi connectivity index (χ0n) is 9.88. The second kappa shape index (κ2) is 3.60. The Labute approximate surface area is 99.2 Å². The largest absolute Gasteiger partial charge is 0.462 e. The topological polar surface area (TPSA) is 67.9 Å². The molecule has 5 atom stereocenters. The van der Waals surface area contributed by atoms with Crippen LogP contribution >= 0.6 is 0 Å². The molecule has 5 unspecified atom stereocenters. The van der Waals surface area contributed by atoms with Crippen molar-refractivity contribution in [3.05, 3.63) is 0 Å². The third-order valence-corrected chi connectivity index (χ3v) is 4.25. The van der Waals surface area contributed by atoms with Crippen molar-refractivity contribution in [2.24, 2.45) is 17.8 Å². The molecule has 0 aromatic carbocycles. The molecule has 2 bridgehead atoms. The van der Waals surface area contributed by atoms with E-state index in [1.807, 2.05) is 0 Å². The van der Waals surface area contributed by atoms with Gasteiger partial charge in [0.15, 0.2) is 0 Å². The molecule has 0 spiro atoms. The third kappa shape index (κ3) is 1.43. The predicted molar refractivity (Wildman–Crippen MR) is 56.7 cm³/mol. The summed E-state index contributed by atoms with van der Waals surface area (Å²) < 4.78 is 10.7. The Morgan fingerprint density at radius 1 is 1.53 bits per heavy atom. The second-order valence-corrected chi connectivity index (χ2v) is 5.03. The predicted octanol–water partition coefficient (Wildman–Crippen LogP) is 0.139. The molecule has 1 saturated heterocycles. The fraction of sp³-hybridized carbons (Fsp3) is 0.818. The number of esters is 1. The van der Waals surface area contributed by atoms with Gasteiger partial charge in [-0.25, -0.2) is 15.2 Å². The number of carbonyl (C=O) groups excluding carboxylic acids is 2. The number of ether oxygens (including phenoxy) is 2. The molecule has 0 radical (unpaired) electrons. The molecule has 1 aliphatic heterocycles. The highest BCUT2D eigenvalue weighted by Gasteiger charge is 2.63. The zero-order valence-corrected chi connectivity index (χ0v) is 9.88. The van der Waals surface area contributed by atoms with Crippen LogP contribution in [0.5, 0.6) is 0 Å². The molecule has 3 rings (SSSR count). The van der Waals surface area contributed by atoms with E-state index in [0.717, 1.165) is 12.8 Å². The van der Waals surface area contributed by atoms with E-state index in [1.165, 1.54) is 5.01 Å². The summed E-state index contributed by atoms with van der Waals surface area (Å²) in [5.41, 5.74) is 2.68. The van der Waals surface area contributed by atoms with Crippen LogP contribution in [0.4, 0.5) is 4.79 Å². The first-order valence-electron chi connectivity index (χ1n) is 5.94. The first kappa shape index (κ1) is 10.8. The molecule has 6 nitrogen and oxygen atoms in total. The Balaban J connectivity index is 1.73. The number of nitrogens with one attached hydrogen (secondary N) is 1. The molecular formula is C11H16N2O4. The Bertz CT molecular complexity index is 370. The van der Waals surface area contributed by atoms with Crippen molar-refractivity contribution in [1.82, 2.24) is 10.4 Å². The van der Waals surface area contributed by atoms with E-state index in [-0.39, 0.29) is 35.9 Å². The zero-order chi connectivity index (χ0) is 12.2. The number of carbonyl (C=O) groups is 2. The summed E-state index contributed by atoms with van der Waals surface area (Å²) in [6, 6.07) is 0. The van der Waals surface area contributed by atoms with Gasteiger partial charge in [0.05, 0.1) is 0 Å². The van der Waals surface area contributed by atoms with Crippen molar-refractivity contribution < 1.29 is 19.1 Å². The van der Waals surface area contributed by atoms with Gasteiger partial charge >= 0.3 is 12.1 Å². The number of hydrogen-bond donors (Lipinski definition) is 1. The van der Waals surface area contributed by atoms with Gasteiger partial charge in [-0.15, -0.1) is 0 Å². The molecule has 3 fully saturated rings. The molecule has 1 amide bonds. The number of nitrogens with zero attached hydrogens (tertiary/aromatic N) is 1. The van der Waals surface area contributed by atoms with E-state index < -0.39 is 6.09 Å². The van der Waals surface area contributed by atoms with Crippen LogP contribution < -0.4 is 5.43 Å². The number of fused-ring (bicyclic) bond motifs is 1. The molecule has 6 heteroatoms. The maximum Gasteiger partial charge on any atom is 0.424 e. The van der Waals surface area contributed by atoms with Crippen LogP contribution in [0.1, 0.15) is 12.8 Å². The first-order valence-corrected chi connectivity index (χ1v) is 5.94. The molecule has 0 aromatic heterocycles. The molecule has 0 aromatic rings. The van der Waals surface area contributed by atoms with E-state index in [9.17, 15) is 9.59 Å². The fourth-order valence-corrected chi connectivity index (χ4v) is 3.38. The van der Waals surface area contributed by atoms with Crippen molar-refractivity contribution in [2.75, 3.05) is 14.1 Å². The summed E-state index contributed by atoms with van der Waals surface area (Å²) in [5, 5.41) is 1.27. The maximum absolute atomic E-state index is 11.7. The SMILES string of the molecule is CNN(C)C(=O)OC1C2CC3OC(=O)C1C3C2. The summed E-state index contributed by atoms with van der Waals surface area (Å²) in [7, 11) is 3.23. The standard InChI is InChI=1S/C11H16N2O4/c1-12-13(2)11(15)17-9-5-3-6-7(4-5)16-10(14)8(6)9/h5-9,12H,3-4H2,1-2H3. The lowest BCUT2D eigenvalue weighted by atomic mass is 9.87. The van der Waals surface area contributed by atoms with Gasteiger partial charge in [-0.05, 0) is 12.8 Å². The average Bonchev–Trinajstić information content (AvgIpc) is 2.89. The minimum atomic E-state index is -0.443. The molecule has 2 saturated carbocycles. The quantitative estimate of drug-likeness (QED) is 0.549. The van der Waals surface area contributed by atoms with Crippen molar-refractivity contribution in [3.63, 3.8) is 0 Å². The van der Waals surface area contributed by atoms with Crippen LogP contribution in [-0.2, 0) is 14.3 Å². The Hall–Kier alpha value is -1.30. The van der Waals surface area contributed by atoms with Crippen molar-refractivity contribution >= 4 is 12.1 Å². The summed E-state index contributed by atoms with van der Waals surface area (Å²) in [5.74, 6) is 0.138. The molecule has 1 N–H and O–H groups in total. The second-order valence-electron chi connectivity index (χ2n) is 5.03. The van der Waals surface area contributed by atoms with Crippen LogP contribution in [0.15, 0.2) is 0 Å². The summed E-state index contributed by atoms with van der Waals surface area (Å²) in [6.45, 7) is 0. The van der Waals surface area contributed by atoms with E-state index >= 15 is 0 Å². The lowest BCUT2D eigenvalue weighted by Crippen LogP contribution is -2.42. The van der Waals surface area contributed by atoms with Gasteiger partial charge in [0, 0.05) is 25.9 Å². The van der Waals surface area contributed by atoms with Crippen LogP contribution in [0.25, 0.3) is 0 Å². The van der Waals surface area contributed by atoms with Gasteiger partial charge in [0.1, 0.15) is 18.1 Å². The van der Waals surface area contributed by atoms with Crippen molar-refractivity contribution in [1.29, 1.82) is 0 Å². The van der Waals surface area contributed by atoms with E-state index in [1.54, 1.807) is 14.1 Å². The van der Waals surface area contributed by atoms with E-state index in [0.29, 0.717) is 0 Å². The van der Waals surface area contributed by atoms with E-state index in [4.69, 9.17) is 9.47 Å². The van der Waals surface area contributed by atoms with Gasteiger partial charge < -0.3 is 9.47 Å². The van der Waals surface area contributed by atoms with Crippen LogP contribution in [0.2, 0.25) is 0 Å². The fourth-order valence-electron chi connectivity index (χ4n) is 3.38. The number of hydrogen-bond acceptors (Lipinski definition) is 5. The third-order valence-electron chi connectivity index (χ3n) is 4.25. The monoisotopic (exact) mass is 240 g/mol. The van der Waals surface area contributed by atoms with Crippen molar-refractivity contribution in [3.8, 4) is 0 Å². The summed E-state index contributed by atoms with van der Waals surface area (Å²) in [4.78, 5) is 23.4. The summed E-state index contributed by atoms with van der Waals surface area (Å²) >= 11 is 0. The number of hydrazine groups is 1. The highest BCUT2D eigenvalue weighted by molar-refractivity contribution is 5.78. The highest BCUT2D eigenvalue weighted by Crippen LogP contribution is 2.55.